The zero-order valence-corrected chi connectivity index (χ0v) is 17.7. The van der Waals surface area contributed by atoms with Gasteiger partial charge in [0.1, 0.15) is 0 Å². The summed E-state index contributed by atoms with van der Waals surface area (Å²) in [5.74, 6) is 0.741. The summed E-state index contributed by atoms with van der Waals surface area (Å²) in [5.41, 5.74) is 0. The Hall–Kier alpha value is -0.950. The number of piperidine rings is 1. The minimum atomic E-state index is 0.00527. The molecule has 3 rings (SSSR count). The second-order valence-corrected chi connectivity index (χ2v) is 9.54. The summed E-state index contributed by atoms with van der Waals surface area (Å²) in [6.07, 6.45) is 3.23. The quantitative estimate of drug-likeness (QED) is 0.668. The van der Waals surface area contributed by atoms with Gasteiger partial charge in [-0.3, -0.25) is 14.5 Å². The molecular formula is C20H29ClN2O3S. The number of hydrogen-bond donors (Lipinski definition) is 0. The zero-order valence-electron chi connectivity index (χ0n) is 16.2. The van der Waals surface area contributed by atoms with Gasteiger partial charge in [-0.15, -0.1) is 11.3 Å². The number of amides is 1. The van der Waals surface area contributed by atoms with Crippen molar-refractivity contribution in [3.8, 4) is 0 Å². The first-order chi connectivity index (χ1) is 12.9. The minimum absolute atomic E-state index is 0.00527. The predicted octanol–water partition coefficient (Wildman–Crippen LogP) is 3.71. The number of hydrogen-bond acceptors (Lipinski definition) is 5. The normalized spacial score (nSPS) is 24.9. The molecule has 0 radical (unpaired) electrons. The van der Waals surface area contributed by atoms with E-state index in [1.165, 1.54) is 11.3 Å². The zero-order chi connectivity index (χ0) is 19.4. The monoisotopic (exact) mass is 412 g/mol. The third kappa shape index (κ3) is 6.01. The van der Waals surface area contributed by atoms with Gasteiger partial charge in [0.2, 0.25) is 5.91 Å². The number of Topliss-reactive ketones (excluding diaryl/α,β-unsaturated/α-hetero) is 1. The molecule has 2 aliphatic heterocycles. The van der Waals surface area contributed by atoms with Gasteiger partial charge in [-0.25, -0.2) is 0 Å². The van der Waals surface area contributed by atoms with Gasteiger partial charge in [0.05, 0.1) is 21.4 Å². The highest BCUT2D eigenvalue weighted by atomic mass is 35.5. The Morgan fingerprint density at radius 1 is 1.15 bits per heavy atom. The van der Waals surface area contributed by atoms with Crippen LogP contribution in [0.2, 0.25) is 4.34 Å². The summed E-state index contributed by atoms with van der Waals surface area (Å²) < 4.78 is 6.41. The van der Waals surface area contributed by atoms with Crippen LogP contribution >= 0.6 is 22.9 Å². The number of carbonyl (C=O) groups is 2. The van der Waals surface area contributed by atoms with E-state index in [1.807, 2.05) is 4.90 Å². The number of rotatable bonds is 6. The lowest BCUT2D eigenvalue weighted by Crippen LogP contribution is -2.48. The largest absolute Gasteiger partial charge is 0.373 e. The van der Waals surface area contributed by atoms with Crippen LogP contribution in [-0.2, 0) is 9.53 Å². The van der Waals surface area contributed by atoms with Crippen LogP contribution in [-0.4, -0.2) is 66.4 Å². The molecule has 0 aliphatic carbocycles. The smallest absolute Gasteiger partial charge is 0.223 e. The maximum atomic E-state index is 12.4. The molecule has 0 N–H and O–H groups in total. The molecule has 1 amide bonds. The van der Waals surface area contributed by atoms with Gasteiger partial charge in [-0.1, -0.05) is 11.6 Å². The summed E-state index contributed by atoms with van der Waals surface area (Å²) in [6.45, 7) is 8.97. The lowest BCUT2D eigenvalue weighted by Gasteiger charge is -2.39. The number of ketones is 1. The molecule has 2 saturated heterocycles. The van der Waals surface area contributed by atoms with Crippen molar-refractivity contribution in [1.29, 1.82) is 0 Å². The number of ether oxygens (including phenoxy) is 1. The maximum absolute atomic E-state index is 12.4. The Morgan fingerprint density at radius 3 is 2.41 bits per heavy atom. The number of morpholine rings is 1. The van der Waals surface area contributed by atoms with Crippen LogP contribution < -0.4 is 0 Å². The van der Waals surface area contributed by atoms with Gasteiger partial charge in [-0.2, -0.15) is 0 Å². The molecule has 1 aromatic rings. The Labute approximate surface area is 170 Å². The molecule has 2 atom stereocenters. The maximum Gasteiger partial charge on any atom is 0.223 e. The van der Waals surface area contributed by atoms with Gasteiger partial charge >= 0.3 is 0 Å². The average Bonchev–Trinajstić information content (AvgIpc) is 3.05. The highest BCUT2D eigenvalue weighted by Gasteiger charge is 2.28. The van der Waals surface area contributed by atoms with Crippen molar-refractivity contribution in [3.63, 3.8) is 0 Å². The van der Waals surface area contributed by atoms with Crippen molar-refractivity contribution >= 4 is 34.6 Å². The molecule has 2 fully saturated rings. The number of halogens is 1. The standard InChI is InChI=1S/C20H29ClN2O3S/c1-14-11-22(12-15(2)26-14)13-16-7-9-23(10-8-16)20(25)6-3-17(24)18-4-5-19(21)27-18/h4-5,14-16H,3,6-13H2,1-2H3. The summed E-state index contributed by atoms with van der Waals surface area (Å²) in [6, 6.07) is 3.46. The first-order valence-corrected chi connectivity index (χ1v) is 11.0. The van der Waals surface area contributed by atoms with Gasteiger partial charge in [0.25, 0.3) is 0 Å². The number of nitrogens with zero attached hydrogens (tertiary/aromatic N) is 2. The molecule has 0 spiro atoms. The van der Waals surface area contributed by atoms with Crippen LogP contribution in [0.1, 0.15) is 49.2 Å². The topological polar surface area (TPSA) is 49.9 Å². The van der Waals surface area contributed by atoms with E-state index in [2.05, 4.69) is 18.7 Å². The van der Waals surface area contributed by atoms with Gasteiger partial charge in [0, 0.05) is 45.6 Å². The van der Waals surface area contributed by atoms with Crippen LogP contribution in [0.3, 0.4) is 0 Å². The minimum Gasteiger partial charge on any atom is -0.373 e. The molecule has 0 bridgehead atoms. The number of thiophene rings is 1. The Bertz CT molecular complexity index is 647. The van der Waals surface area contributed by atoms with Gasteiger partial charge in [-0.05, 0) is 44.7 Å². The van der Waals surface area contributed by atoms with E-state index in [-0.39, 0.29) is 24.5 Å². The fraction of sp³-hybridized carbons (Fsp3) is 0.700. The molecule has 27 heavy (non-hydrogen) atoms. The lowest BCUT2D eigenvalue weighted by atomic mass is 9.95. The molecule has 5 nitrogen and oxygen atoms in total. The Kier molecular flexibility index (Phi) is 7.31. The second kappa shape index (κ2) is 9.50. The lowest BCUT2D eigenvalue weighted by molar-refractivity contribution is -0.132. The van der Waals surface area contributed by atoms with Crippen LogP contribution in [0.25, 0.3) is 0 Å². The van der Waals surface area contributed by atoms with E-state index >= 15 is 0 Å². The summed E-state index contributed by atoms with van der Waals surface area (Å²) in [5, 5.41) is 0. The predicted molar refractivity (Wildman–Crippen MR) is 109 cm³/mol. The van der Waals surface area contributed by atoms with E-state index in [4.69, 9.17) is 16.3 Å². The van der Waals surface area contributed by atoms with Crippen molar-refractivity contribution in [2.45, 2.75) is 51.7 Å². The molecule has 150 valence electrons. The highest BCUT2D eigenvalue weighted by Crippen LogP contribution is 2.24. The summed E-state index contributed by atoms with van der Waals surface area (Å²) in [4.78, 5) is 29.7. The molecule has 7 heteroatoms. The molecule has 1 aromatic heterocycles. The summed E-state index contributed by atoms with van der Waals surface area (Å²) in [7, 11) is 0. The van der Waals surface area contributed by atoms with Crippen molar-refractivity contribution in [2.24, 2.45) is 5.92 Å². The first-order valence-electron chi connectivity index (χ1n) is 9.85. The van der Waals surface area contributed by atoms with Crippen LogP contribution in [0.4, 0.5) is 0 Å². The molecule has 2 aliphatic rings. The van der Waals surface area contributed by atoms with Crippen molar-refractivity contribution < 1.29 is 14.3 Å². The van der Waals surface area contributed by atoms with E-state index in [1.54, 1.807) is 12.1 Å². The van der Waals surface area contributed by atoms with Crippen molar-refractivity contribution in [3.05, 3.63) is 21.3 Å². The van der Waals surface area contributed by atoms with Gasteiger partial charge in [0.15, 0.2) is 5.78 Å². The molecular weight excluding hydrogens is 384 g/mol. The van der Waals surface area contributed by atoms with E-state index in [9.17, 15) is 9.59 Å². The highest BCUT2D eigenvalue weighted by molar-refractivity contribution is 7.18. The SMILES string of the molecule is CC1CN(CC2CCN(C(=O)CCC(=O)c3ccc(Cl)s3)CC2)CC(C)O1. The summed E-state index contributed by atoms with van der Waals surface area (Å²) >= 11 is 7.15. The van der Waals surface area contributed by atoms with Crippen LogP contribution in [0.5, 0.6) is 0 Å². The van der Waals surface area contributed by atoms with Crippen LogP contribution in [0, 0.1) is 5.92 Å². The molecule has 2 unspecified atom stereocenters. The van der Waals surface area contributed by atoms with Gasteiger partial charge < -0.3 is 9.64 Å². The fourth-order valence-corrected chi connectivity index (χ4v) is 5.14. The van der Waals surface area contributed by atoms with E-state index in [0.29, 0.717) is 27.3 Å². The van der Waals surface area contributed by atoms with Crippen molar-refractivity contribution in [1.82, 2.24) is 9.80 Å². The second-order valence-electron chi connectivity index (χ2n) is 7.83. The number of carbonyl (C=O) groups excluding carboxylic acids is 2. The molecule has 3 heterocycles. The first kappa shape index (κ1) is 20.8. The fourth-order valence-electron chi connectivity index (χ4n) is 4.13. The van der Waals surface area contributed by atoms with Crippen molar-refractivity contribution in [2.75, 3.05) is 32.7 Å². The molecule has 0 aromatic carbocycles. The number of likely N-dealkylation sites (tertiary alicyclic amines) is 1. The third-order valence-corrected chi connectivity index (χ3v) is 6.67. The van der Waals surface area contributed by atoms with E-state index in [0.717, 1.165) is 45.6 Å². The Balaban J connectivity index is 1.38. The Morgan fingerprint density at radius 2 is 1.81 bits per heavy atom. The third-order valence-electron chi connectivity index (χ3n) is 5.39. The average molecular weight is 413 g/mol. The molecule has 0 saturated carbocycles. The van der Waals surface area contributed by atoms with Crippen LogP contribution in [0.15, 0.2) is 12.1 Å². The van der Waals surface area contributed by atoms with E-state index < -0.39 is 0 Å².